The van der Waals surface area contributed by atoms with Crippen molar-refractivity contribution in [3.05, 3.63) is 34.9 Å². The summed E-state index contributed by atoms with van der Waals surface area (Å²) in [5, 5.41) is 21.2. The average Bonchev–Trinajstić information content (AvgIpc) is 2.26. The quantitative estimate of drug-likeness (QED) is 0.751. The molecule has 4 heteroatoms. The maximum Gasteiger partial charge on any atom is 0.122 e. The molecule has 0 bridgehead atoms. The molecule has 80 valence electrons. The molecule has 0 amide bonds. The van der Waals surface area contributed by atoms with Crippen molar-refractivity contribution in [3.8, 4) is 6.07 Å². The van der Waals surface area contributed by atoms with Crippen LogP contribution in [0.15, 0.2) is 24.3 Å². The van der Waals surface area contributed by atoms with Gasteiger partial charge in [-0.1, -0.05) is 29.8 Å². The number of rotatable bonds is 5. The van der Waals surface area contributed by atoms with Crippen LogP contribution in [0.2, 0.25) is 5.02 Å². The van der Waals surface area contributed by atoms with Gasteiger partial charge in [-0.2, -0.15) is 5.26 Å². The van der Waals surface area contributed by atoms with Crippen molar-refractivity contribution in [2.45, 2.75) is 12.5 Å². The highest BCUT2D eigenvalue weighted by molar-refractivity contribution is 6.31. The average molecular weight is 225 g/mol. The zero-order valence-electron chi connectivity index (χ0n) is 8.28. The van der Waals surface area contributed by atoms with Crippen LogP contribution in [0.4, 0.5) is 0 Å². The SMILES string of the molecule is N#CC(NCCCO)c1ccccc1Cl. The Kier molecular flexibility index (Phi) is 5.13. The normalized spacial score (nSPS) is 12.1. The molecule has 0 heterocycles. The number of aliphatic hydroxyl groups is 1. The molecule has 0 fully saturated rings. The van der Waals surface area contributed by atoms with Crippen LogP contribution in [0.25, 0.3) is 0 Å². The van der Waals surface area contributed by atoms with E-state index in [1.54, 1.807) is 6.07 Å². The molecule has 2 N–H and O–H groups in total. The summed E-state index contributed by atoms with van der Waals surface area (Å²) < 4.78 is 0. The second-order valence-electron chi connectivity index (χ2n) is 3.11. The van der Waals surface area contributed by atoms with E-state index in [0.717, 1.165) is 5.56 Å². The van der Waals surface area contributed by atoms with Gasteiger partial charge in [0.1, 0.15) is 6.04 Å². The molecule has 0 aliphatic heterocycles. The van der Waals surface area contributed by atoms with Crippen LogP contribution in [-0.2, 0) is 0 Å². The Morgan fingerprint density at radius 2 is 2.20 bits per heavy atom. The lowest BCUT2D eigenvalue weighted by atomic mass is 10.1. The Hall–Kier alpha value is -1.08. The maximum atomic E-state index is 8.97. The van der Waals surface area contributed by atoms with Gasteiger partial charge in [-0.05, 0) is 19.0 Å². The van der Waals surface area contributed by atoms with Crippen molar-refractivity contribution in [3.63, 3.8) is 0 Å². The van der Waals surface area contributed by atoms with Crippen molar-refractivity contribution in [2.24, 2.45) is 0 Å². The van der Waals surface area contributed by atoms with Crippen LogP contribution < -0.4 is 5.32 Å². The Morgan fingerprint density at radius 1 is 1.47 bits per heavy atom. The largest absolute Gasteiger partial charge is 0.396 e. The van der Waals surface area contributed by atoms with Gasteiger partial charge < -0.3 is 5.11 Å². The van der Waals surface area contributed by atoms with E-state index in [2.05, 4.69) is 11.4 Å². The van der Waals surface area contributed by atoms with Gasteiger partial charge in [-0.25, -0.2) is 0 Å². The lowest BCUT2D eigenvalue weighted by Gasteiger charge is -2.12. The minimum atomic E-state index is -0.412. The lowest BCUT2D eigenvalue weighted by molar-refractivity contribution is 0.285. The Labute approximate surface area is 94.3 Å². The van der Waals surface area contributed by atoms with Gasteiger partial charge in [-0.3, -0.25) is 5.32 Å². The van der Waals surface area contributed by atoms with Gasteiger partial charge in [-0.15, -0.1) is 0 Å². The first-order valence-corrected chi connectivity index (χ1v) is 5.15. The Balaban J connectivity index is 2.67. The fraction of sp³-hybridized carbons (Fsp3) is 0.364. The molecule has 0 aromatic heterocycles. The molecular formula is C11H13ClN2O. The standard InChI is InChI=1S/C11H13ClN2O/c12-10-5-2-1-4-9(10)11(8-13)14-6-3-7-15/h1-2,4-5,11,14-15H,3,6-7H2. The fourth-order valence-electron chi connectivity index (χ4n) is 1.26. The third-order valence-electron chi connectivity index (χ3n) is 2.03. The lowest BCUT2D eigenvalue weighted by Crippen LogP contribution is -2.22. The van der Waals surface area contributed by atoms with Gasteiger partial charge in [0.05, 0.1) is 6.07 Å². The van der Waals surface area contributed by atoms with Gasteiger partial charge in [0.15, 0.2) is 0 Å². The monoisotopic (exact) mass is 224 g/mol. The molecule has 15 heavy (non-hydrogen) atoms. The second kappa shape index (κ2) is 6.41. The van der Waals surface area contributed by atoms with Crippen LogP contribution in [0, 0.1) is 11.3 Å². The molecule has 1 atom stereocenters. The van der Waals surface area contributed by atoms with E-state index >= 15 is 0 Å². The van der Waals surface area contributed by atoms with E-state index in [-0.39, 0.29) is 6.61 Å². The molecule has 0 saturated carbocycles. The van der Waals surface area contributed by atoms with Gasteiger partial charge in [0.25, 0.3) is 0 Å². The van der Waals surface area contributed by atoms with Crippen LogP contribution in [0.3, 0.4) is 0 Å². The number of nitriles is 1. The van der Waals surface area contributed by atoms with E-state index < -0.39 is 6.04 Å². The predicted octanol–water partition coefficient (Wildman–Crippen LogP) is 1.88. The number of hydrogen-bond acceptors (Lipinski definition) is 3. The van der Waals surface area contributed by atoms with Crippen molar-refractivity contribution >= 4 is 11.6 Å². The van der Waals surface area contributed by atoms with E-state index in [9.17, 15) is 0 Å². The molecule has 3 nitrogen and oxygen atoms in total. The fourth-order valence-corrected chi connectivity index (χ4v) is 1.50. The molecule has 0 saturated heterocycles. The van der Waals surface area contributed by atoms with Crippen LogP contribution in [0.1, 0.15) is 18.0 Å². The number of hydrogen-bond donors (Lipinski definition) is 2. The predicted molar refractivity (Wildman–Crippen MR) is 59.5 cm³/mol. The van der Waals surface area contributed by atoms with Gasteiger partial charge in [0.2, 0.25) is 0 Å². The zero-order valence-corrected chi connectivity index (χ0v) is 9.04. The maximum absolute atomic E-state index is 8.97. The summed E-state index contributed by atoms with van der Waals surface area (Å²) in [6.07, 6.45) is 0.628. The summed E-state index contributed by atoms with van der Waals surface area (Å²) >= 11 is 5.97. The molecule has 1 rings (SSSR count). The van der Waals surface area contributed by atoms with E-state index in [0.29, 0.717) is 18.0 Å². The minimum absolute atomic E-state index is 0.119. The summed E-state index contributed by atoms with van der Waals surface area (Å²) in [6, 6.07) is 8.98. The summed E-state index contributed by atoms with van der Waals surface area (Å²) in [5.74, 6) is 0. The first-order chi connectivity index (χ1) is 7.29. The zero-order chi connectivity index (χ0) is 11.1. The molecular weight excluding hydrogens is 212 g/mol. The number of nitrogens with one attached hydrogen (secondary N) is 1. The molecule has 1 aromatic carbocycles. The number of nitrogens with zero attached hydrogens (tertiary/aromatic N) is 1. The summed E-state index contributed by atoms with van der Waals surface area (Å²) in [5.41, 5.74) is 0.777. The number of aliphatic hydroxyl groups excluding tert-OH is 1. The first-order valence-electron chi connectivity index (χ1n) is 4.78. The molecule has 1 aromatic rings. The first kappa shape index (κ1) is 12.0. The van der Waals surface area contributed by atoms with Crippen LogP contribution in [0.5, 0.6) is 0 Å². The van der Waals surface area contributed by atoms with Gasteiger partial charge >= 0.3 is 0 Å². The van der Waals surface area contributed by atoms with E-state index in [1.165, 1.54) is 0 Å². The van der Waals surface area contributed by atoms with E-state index in [1.807, 2.05) is 18.2 Å². The number of halogens is 1. The summed E-state index contributed by atoms with van der Waals surface area (Å²) in [4.78, 5) is 0. The summed E-state index contributed by atoms with van der Waals surface area (Å²) in [7, 11) is 0. The van der Waals surface area contributed by atoms with Crippen LogP contribution >= 0.6 is 11.6 Å². The number of benzene rings is 1. The summed E-state index contributed by atoms with van der Waals surface area (Å²) in [6.45, 7) is 0.716. The Bertz CT molecular complexity index is 349. The minimum Gasteiger partial charge on any atom is -0.396 e. The molecule has 0 aliphatic carbocycles. The van der Waals surface area contributed by atoms with Gasteiger partial charge in [0, 0.05) is 17.2 Å². The third kappa shape index (κ3) is 3.52. The van der Waals surface area contributed by atoms with E-state index in [4.69, 9.17) is 22.0 Å². The molecule has 0 spiro atoms. The van der Waals surface area contributed by atoms with Crippen molar-refractivity contribution in [2.75, 3.05) is 13.2 Å². The second-order valence-corrected chi connectivity index (χ2v) is 3.52. The molecule has 0 radical (unpaired) electrons. The third-order valence-corrected chi connectivity index (χ3v) is 2.37. The molecule has 1 unspecified atom stereocenters. The molecule has 0 aliphatic rings. The smallest absolute Gasteiger partial charge is 0.122 e. The highest BCUT2D eigenvalue weighted by Gasteiger charge is 2.11. The van der Waals surface area contributed by atoms with Crippen LogP contribution in [-0.4, -0.2) is 18.3 Å². The highest BCUT2D eigenvalue weighted by Crippen LogP contribution is 2.21. The highest BCUT2D eigenvalue weighted by atomic mass is 35.5. The van der Waals surface area contributed by atoms with Crippen molar-refractivity contribution in [1.29, 1.82) is 5.26 Å². The van der Waals surface area contributed by atoms with Crippen molar-refractivity contribution in [1.82, 2.24) is 5.32 Å². The van der Waals surface area contributed by atoms with Crippen molar-refractivity contribution < 1.29 is 5.11 Å². The topological polar surface area (TPSA) is 56.0 Å². The Morgan fingerprint density at radius 3 is 2.80 bits per heavy atom.